The van der Waals surface area contributed by atoms with Gasteiger partial charge in [-0.05, 0) is 37.6 Å². The van der Waals surface area contributed by atoms with Gasteiger partial charge in [0.2, 0.25) is 5.91 Å². The van der Waals surface area contributed by atoms with Crippen molar-refractivity contribution in [2.24, 2.45) is 0 Å². The number of carbonyl (C=O) groups is 1. The van der Waals surface area contributed by atoms with E-state index >= 15 is 0 Å². The van der Waals surface area contributed by atoms with Gasteiger partial charge in [-0.3, -0.25) is 4.79 Å². The van der Waals surface area contributed by atoms with Gasteiger partial charge in [0.15, 0.2) is 5.16 Å². The molecular weight excluding hydrogens is 400 g/mol. The molecule has 1 N–H and O–H groups in total. The van der Waals surface area contributed by atoms with E-state index in [4.69, 9.17) is 0 Å². The summed E-state index contributed by atoms with van der Waals surface area (Å²) in [4.78, 5) is 13.7. The van der Waals surface area contributed by atoms with Crippen molar-refractivity contribution in [3.8, 4) is 0 Å². The predicted molar refractivity (Wildman–Crippen MR) is 122 cm³/mol. The minimum Gasteiger partial charge on any atom is -0.353 e. The number of carbonyl (C=O) groups excluding carboxylic acids is 1. The van der Waals surface area contributed by atoms with E-state index in [1.807, 2.05) is 0 Å². The summed E-state index contributed by atoms with van der Waals surface area (Å²) in [6.07, 6.45) is 11.7. The van der Waals surface area contributed by atoms with E-state index in [1.165, 1.54) is 68.0 Å². The molecule has 1 unspecified atom stereocenters. The van der Waals surface area contributed by atoms with Gasteiger partial charge in [0, 0.05) is 23.4 Å². The van der Waals surface area contributed by atoms with Crippen LogP contribution in [-0.4, -0.2) is 32.5 Å². The highest BCUT2D eigenvalue weighted by Crippen LogP contribution is 2.33. The van der Waals surface area contributed by atoms with Gasteiger partial charge in [-0.1, -0.05) is 63.3 Å². The SMILES string of the molecule is CCCCCC(C)NC(=O)CSc1nnc(Cc2cccs2)n1C1CCCCC1. The number of thioether (sulfide) groups is 1. The van der Waals surface area contributed by atoms with E-state index < -0.39 is 0 Å². The zero-order valence-electron chi connectivity index (χ0n) is 17.7. The Morgan fingerprint density at radius 2 is 2.14 bits per heavy atom. The van der Waals surface area contributed by atoms with Crippen molar-refractivity contribution in [2.75, 3.05) is 5.75 Å². The topological polar surface area (TPSA) is 59.8 Å². The Bertz CT molecular complexity index is 738. The van der Waals surface area contributed by atoms with Crippen LogP contribution < -0.4 is 5.32 Å². The fraction of sp³-hybridized carbons (Fsp3) is 0.682. The number of hydrogen-bond donors (Lipinski definition) is 1. The molecule has 2 aromatic heterocycles. The van der Waals surface area contributed by atoms with E-state index in [1.54, 1.807) is 11.3 Å². The van der Waals surface area contributed by atoms with Crippen LogP contribution in [0.1, 0.15) is 88.4 Å². The molecule has 0 radical (unpaired) electrons. The molecule has 1 atom stereocenters. The van der Waals surface area contributed by atoms with Gasteiger partial charge in [-0.25, -0.2) is 0 Å². The average molecular weight is 435 g/mol. The largest absolute Gasteiger partial charge is 0.353 e. The molecule has 0 bridgehead atoms. The second-order valence-electron chi connectivity index (χ2n) is 8.07. The third-order valence-corrected chi connectivity index (χ3v) is 7.39. The molecule has 1 aliphatic rings. The van der Waals surface area contributed by atoms with Crippen molar-refractivity contribution < 1.29 is 4.79 Å². The Balaban J connectivity index is 1.62. The van der Waals surface area contributed by atoms with Crippen LogP contribution in [-0.2, 0) is 11.2 Å². The average Bonchev–Trinajstić information content (AvgIpc) is 3.37. The quantitative estimate of drug-likeness (QED) is 0.369. The van der Waals surface area contributed by atoms with Crippen LogP contribution in [0, 0.1) is 0 Å². The van der Waals surface area contributed by atoms with E-state index in [0.29, 0.717) is 11.8 Å². The van der Waals surface area contributed by atoms with Crippen molar-refractivity contribution in [1.82, 2.24) is 20.1 Å². The Kier molecular flexibility index (Phi) is 9.05. The highest BCUT2D eigenvalue weighted by Gasteiger charge is 2.24. The molecule has 2 heterocycles. The van der Waals surface area contributed by atoms with Crippen molar-refractivity contribution >= 4 is 29.0 Å². The fourth-order valence-corrected chi connectivity index (χ4v) is 5.56. The van der Waals surface area contributed by atoms with E-state index in [-0.39, 0.29) is 11.9 Å². The van der Waals surface area contributed by atoms with Crippen LogP contribution in [0.3, 0.4) is 0 Å². The minimum absolute atomic E-state index is 0.0944. The highest BCUT2D eigenvalue weighted by atomic mass is 32.2. The lowest BCUT2D eigenvalue weighted by atomic mass is 9.95. The molecular formula is C22H34N4OS2. The Morgan fingerprint density at radius 1 is 1.31 bits per heavy atom. The molecule has 1 amide bonds. The van der Waals surface area contributed by atoms with E-state index in [2.05, 4.69) is 51.4 Å². The second-order valence-corrected chi connectivity index (χ2v) is 10.0. The Labute approximate surface area is 183 Å². The summed E-state index contributed by atoms with van der Waals surface area (Å²) in [5.74, 6) is 1.54. The lowest BCUT2D eigenvalue weighted by Gasteiger charge is -2.25. The summed E-state index contributed by atoms with van der Waals surface area (Å²) in [5, 5.41) is 15.2. The van der Waals surface area contributed by atoms with Crippen LogP contribution in [0.15, 0.2) is 22.7 Å². The molecule has 0 saturated heterocycles. The second kappa shape index (κ2) is 11.7. The monoisotopic (exact) mass is 434 g/mol. The molecule has 0 aliphatic heterocycles. The minimum atomic E-state index is 0.0944. The number of hydrogen-bond acceptors (Lipinski definition) is 5. The van der Waals surface area contributed by atoms with Gasteiger partial charge in [0.05, 0.1) is 5.75 Å². The maximum Gasteiger partial charge on any atom is 0.230 e. The number of aromatic nitrogens is 3. The van der Waals surface area contributed by atoms with E-state index in [9.17, 15) is 4.79 Å². The van der Waals surface area contributed by atoms with Crippen molar-refractivity contribution in [3.05, 3.63) is 28.2 Å². The molecule has 2 aromatic rings. The van der Waals surface area contributed by atoms with Crippen molar-refractivity contribution in [3.63, 3.8) is 0 Å². The fourth-order valence-electron chi connectivity index (χ4n) is 4.02. The maximum atomic E-state index is 12.4. The maximum absolute atomic E-state index is 12.4. The summed E-state index contributed by atoms with van der Waals surface area (Å²) in [5.41, 5.74) is 0. The molecule has 160 valence electrons. The number of nitrogens with zero attached hydrogens (tertiary/aromatic N) is 3. The van der Waals surface area contributed by atoms with Gasteiger partial charge >= 0.3 is 0 Å². The number of rotatable bonds is 11. The number of nitrogens with one attached hydrogen (secondary N) is 1. The number of amides is 1. The first-order chi connectivity index (χ1) is 14.2. The van der Waals surface area contributed by atoms with Gasteiger partial charge in [0.1, 0.15) is 5.82 Å². The zero-order chi connectivity index (χ0) is 20.5. The molecule has 1 saturated carbocycles. The molecule has 7 heteroatoms. The van der Waals surface area contributed by atoms with Crippen molar-refractivity contribution in [2.45, 2.75) is 95.3 Å². The molecule has 0 aromatic carbocycles. The van der Waals surface area contributed by atoms with Gasteiger partial charge < -0.3 is 9.88 Å². The first-order valence-corrected chi connectivity index (χ1v) is 12.9. The molecule has 3 rings (SSSR count). The molecule has 5 nitrogen and oxygen atoms in total. The normalized spacial score (nSPS) is 16.1. The van der Waals surface area contributed by atoms with Crippen molar-refractivity contribution in [1.29, 1.82) is 0 Å². The van der Waals surface area contributed by atoms with Crippen LogP contribution in [0.4, 0.5) is 0 Å². The van der Waals surface area contributed by atoms with E-state index in [0.717, 1.165) is 23.8 Å². The molecule has 1 fully saturated rings. The molecule has 29 heavy (non-hydrogen) atoms. The standard InChI is InChI=1S/C22H34N4OS2/c1-3-4-6-10-17(2)23-21(27)16-29-22-25-24-20(15-19-13-9-14-28-19)26(22)18-11-7-5-8-12-18/h9,13-14,17-18H,3-8,10-12,15-16H2,1-2H3,(H,23,27). The Morgan fingerprint density at radius 3 is 2.86 bits per heavy atom. The lowest BCUT2D eigenvalue weighted by molar-refractivity contribution is -0.119. The summed E-state index contributed by atoms with van der Waals surface area (Å²) < 4.78 is 2.33. The summed E-state index contributed by atoms with van der Waals surface area (Å²) >= 11 is 3.30. The summed E-state index contributed by atoms with van der Waals surface area (Å²) in [6.45, 7) is 4.30. The smallest absolute Gasteiger partial charge is 0.230 e. The molecule has 0 spiro atoms. The van der Waals surface area contributed by atoms with Crippen LogP contribution >= 0.6 is 23.1 Å². The third kappa shape index (κ3) is 6.85. The predicted octanol–water partition coefficient (Wildman–Crippen LogP) is 5.61. The van der Waals surface area contributed by atoms with Crippen LogP contribution in [0.2, 0.25) is 0 Å². The Hall–Kier alpha value is -1.34. The first kappa shape index (κ1) is 22.3. The van der Waals surface area contributed by atoms with Crippen LogP contribution in [0.25, 0.3) is 0 Å². The molecule has 1 aliphatic carbocycles. The number of thiophene rings is 1. The lowest BCUT2D eigenvalue weighted by Crippen LogP contribution is -2.33. The van der Waals surface area contributed by atoms with Gasteiger partial charge in [0.25, 0.3) is 0 Å². The van der Waals surface area contributed by atoms with Gasteiger partial charge in [-0.2, -0.15) is 0 Å². The highest BCUT2D eigenvalue weighted by molar-refractivity contribution is 7.99. The first-order valence-electron chi connectivity index (χ1n) is 11.1. The van der Waals surface area contributed by atoms with Crippen LogP contribution in [0.5, 0.6) is 0 Å². The van der Waals surface area contributed by atoms with Gasteiger partial charge in [-0.15, -0.1) is 21.5 Å². The summed E-state index contributed by atoms with van der Waals surface area (Å²) in [6, 6.07) is 4.95. The zero-order valence-corrected chi connectivity index (χ0v) is 19.4. The third-order valence-electron chi connectivity index (χ3n) is 5.57. The summed E-state index contributed by atoms with van der Waals surface area (Å²) in [7, 11) is 0. The number of unbranched alkanes of at least 4 members (excludes halogenated alkanes) is 2.